The second-order valence-corrected chi connectivity index (χ2v) is 12.8. The molecule has 1 atom stereocenters. The summed E-state index contributed by atoms with van der Waals surface area (Å²) in [5.41, 5.74) is 7.26. The fraction of sp³-hybridized carbons (Fsp3) is 0.0455. The van der Waals surface area contributed by atoms with Crippen LogP contribution in [0.1, 0.15) is 23.6 Å². The molecule has 0 spiro atoms. The Bertz CT molecular complexity index is 2810. The number of hydrogen-bond donors (Lipinski definition) is 1. The molecule has 3 heterocycles. The Morgan fingerprint density at radius 3 is 2.02 bits per heavy atom. The van der Waals surface area contributed by atoms with Crippen molar-refractivity contribution in [3.63, 3.8) is 0 Å². The molecule has 5 heteroatoms. The number of aromatic nitrogens is 1. The third kappa shape index (κ3) is 4.19. The third-order valence-electron chi connectivity index (χ3n) is 9.81. The molecule has 0 radical (unpaired) electrons. The van der Waals surface area contributed by atoms with Gasteiger partial charge in [-0.05, 0) is 47.5 Å². The van der Waals surface area contributed by atoms with Gasteiger partial charge in [-0.2, -0.15) is 0 Å². The van der Waals surface area contributed by atoms with Gasteiger partial charge in [0.05, 0.1) is 11.0 Å². The summed E-state index contributed by atoms with van der Waals surface area (Å²) >= 11 is 0. The molecule has 7 aromatic carbocycles. The molecule has 10 rings (SSSR count). The summed E-state index contributed by atoms with van der Waals surface area (Å²) in [6.45, 7) is 2.11. The lowest BCUT2D eigenvalue weighted by atomic mass is 9.99. The van der Waals surface area contributed by atoms with Gasteiger partial charge in [0, 0.05) is 38.4 Å². The highest BCUT2D eigenvalue weighted by Gasteiger charge is 2.32. The Morgan fingerprint density at radius 2 is 1.22 bits per heavy atom. The minimum atomic E-state index is -0.717. The summed E-state index contributed by atoms with van der Waals surface area (Å²) in [6.07, 6.45) is 0. The van der Waals surface area contributed by atoms with E-state index in [-0.39, 0.29) is 0 Å². The summed E-state index contributed by atoms with van der Waals surface area (Å²) < 4.78 is 9.14. The SMILES string of the molecule is CC1(c2ccccc2)N=C(c2ccccc2)N=C(c2cccc(-n3c4ccccc4c4c5ccccc5c5c6ccccc6oc5c43)c2)N1. The molecule has 0 fully saturated rings. The zero-order chi connectivity index (χ0) is 32.5. The van der Waals surface area contributed by atoms with Gasteiger partial charge in [-0.1, -0.05) is 133 Å². The molecule has 9 aromatic rings. The van der Waals surface area contributed by atoms with Gasteiger partial charge < -0.3 is 14.3 Å². The maximum Gasteiger partial charge on any atom is 0.160 e. The lowest BCUT2D eigenvalue weighted by Crippen LogP contribution is -2.46. The molecule has 0 aliphatic carbocycles. The van der Waals surface area contributed by atoms with Crippen LogP contribution in [0.25, 0.3) is 60.2 Å². The molecule has 1 unspecified atom stereocenters. The van der Waals surface area contributed by atoms with Crippen LogP contribution in [-0.2, 0) is 5.66 Å². The van der Waals surface area contributed by atoms with Crippen molar-refractivity contribution < 1.29 is 4.42 Å². The number of furan rings is 1. The molecule has 2 aromatic heterocycles. The van der Waals surface area contributed by atoms with E-state index in [1.807, 2.05) is 30.3 Å². The molecule has 49 heavy (non-hydrogen) atoms. The quantitative estimate of drug-likeness (QED) is 0.210. The molecular formula is C44H30N4O. The van der Waals surface area contributed by atoms with Gasteiger partial charge in [0.15, 0.2) is 17.1 Å². The van der Waals surface area contributed by atoms with E-state index in [9.17, 15) is 0 Å². The molecule has 1 aliphatic rings. The fourth-order valence-corrected chi connectivity index (χ4v) is 7.57. The van der Waals surface area contributed by atoms with Crippen LogP contribution in [0.15, 0.2) is 172 Å². The van der Waals surface area contributed by atoms with E-state index >= 15 is 0 Å². The molecule has 0 saturated carbocycles. The van der Waals surface area contributed by atoms with E-state index in [0.717, 1.165) is 61.2 Å². The minimum Gasteiger partial charge on any atom is -0.454 e. The van der Waals surface area contributed by atoms with Crippen molar-refractivity contribution in [2.75, 3.05) is 0 Å². The molecule has 1 aliphatic heterocycles. The smallest absolute Gasteiger partial charge is 0.160 e. The first-order chi connectivity index (χ1) is 24.2. The number of benzene rings is 7. The van der Waals surface area contributed by atoms with Crippen molar-refractivity contribution in [2.45, 2.75) is 12.6 Å². The van der Waals surface area contributed by atoms with Crippen molar-refractivity contribution in [2.24, 2.45) is 9.98 Å². The van der Waals surface area contributed by atoms with Crippen molar-refractivity contribution in [3.05, 3.63) is 174 Å². The minimum absolute atomic E-state index is 0.693. The summed E-state index contributed by atoms with van der Waals surface area (Å²) in [7, 11) is 0. The van der Waals surface area contributed by atoms with Crippen LogP contribution in [0.2, 0.25) is 0 Å². The number of nitrogens with zero attached hydrogens (tertiary/aromatic N) is 3. The highest BCUT2D eigenvalue weighted by Crippen LogP contribution is 2.45. The Balaban J connectivity index is 1.24. The maximum atomic E-state index is 6.78. The van der Waals surface area contributed by atoms with E-state index in [4.69, 9.17) is 14.4 Å². The number of rotatable bonds is 4. The topological polar surface area (TPSA) is 54.8 Å². The predicted octanol–water partition coefficient (Wildman–Crippen LogP) is 10.5. The second-order valence-electron chi connectivity index (χ2n) is 12.8. The van der Waals surface area contributed by atoms with Gasteiger partial charge in [0.2, 0.25) is 0 Å². The van der Waals surface area contributed by atoms with Crippen LogP contribution in [0.5, 0.6) is 0 Å². The Morgan fingerprint density at radius 1 is 0.592 bits per heavy atom. The third-order valence-corrected chi connectivity index (χ3v) is 9.81. The number of nitrogens with one attached hydrogen (secondary N) is 1. The molecule has 0 saturated heterocycles. The normalized spacial score (nSPS) is 16.3. The zero-order valence-electron chi connectivity index (χ0n) is 26.8. The van der Waals surface area contributed by atoms with Crippen LogP contribution in [0, 0.1) is 0 Å². The molecule has 0 amide bonds. The Labute approximate surface area is 282 Å². The van der Waals surface area contributed by atoms with Crippen molar-refractivity contribution in [3.8, 4) is 5.69 Å². The van der Waals surface area contributed by atoms with Crippen molar-refractivity contribution in [1.29, 1.82) is 0 Å². The fourth-order valence-electron chi connectivity index (χ4n) is 7.57. The predicted molar refractivity (Wildman–Crippen MR) is 202 cm³/mol. The summed E-state index contributed by atoms with van der Waals surface area (Å²) in [6, 6.07) is 54.9. The molecule has 232 valence electrons. The highest BCUT2D eigenvalue weighted by atomic mass is 16.3. The number of hydrogen-bond acceptors (Lipinski definition) is 4. The number of aliphatic imine (C=N–C) groups is 2. The lowest BCUT2D eigenvalue weighted by molar-refractivity contribution is 0.455. The van der Waals surface area contributed by atoms with Gasteiger partial charge >= 0.3 is 0 Å². The number of fused-ring (bicyclic) bond motifs is 10. The average Bonchev–Trinajstić information content (AvgIpc) is 3.73. The second kappa shape index (κ2) is 10.5. The average molecular weight is 631 g/mol. The number of para-hydroxylation sites is 2. The van der Waals surface area contributed by atoms with E-state index in [0.29, 0.717) is 5.84 Å². The first-order valence-corrected chi connectivity index (χ1v) is 16.6. The van der Waals surface area contributed by atoms with Gasteiger partial charge in [-0.3, -0.25) is 0 Å². The van der Waals surface area contributed by atoms with E-state index in [1.165, 1.54) is 21.5 Å². The van der Waals surface area contributed by atoms with Crippen molar-refractivity contribution in [1.82, 2.24) is 9.88 Å². The summed E-state index contributed by atoms with van der Waals surface area (Å²) in [4.78, 5) is 10.3. The number of amidine groups is 2. The van der Waals surface area contributed by atoms with Crippen LogP contribution in [0.3, 0.4) is 0 Å². The Hall–Kier alpha value is -6.46. The van der Waals surface area contributed by atoms with E-state index in [2.05, 4.69) is 144 Å². The van der Waals surface area contributed by atoms with Crippen LogP contribution in [-0.4, -0.2) is 16.2 Å². The molecular weight excluding hydrogens is 601 g/mol. The zero-order valence-corrected chi connectivity index (χ0v) is 26.8. The lowest BCUT2D eigenvalue weighted by Gasteiger charge is -2.33. The van der Waals surface area contributed by atoms with Crippen molar-refractivity contribution >= 4 is 66.2 Å². The molecule has 5 nitrogen and oxygen atoms in total. The monoisotopic (exact) mass is 630 g/mol. The first-order valence-electron chi connectivity index (χ1n) is 16.6. The standard InChI is InChI=1S/C44H30N4O/c1-44(30-18-6-3-7-19-30)46-42(28-15-4-2-5-16-28)45-43(47-44)29-17-14-20-31(27-29)48-36-25-12-10-23-34(36)38-32-21-8-9-22-33(32)39-35-24-11-13-26-37(35)49-41(39)40(38)48/h2-27H,1H3,(H,45,46,47). The van der Waals surface area contributed by atoms with Crippen LogP contribution in [0.4, 0.5) is 0 Å². The molecule has 1 N–H and O–H groups in total. The van der Waals surface area contributed by atoms with Gasteiger partial charge in [0.25, 0.3) is 0 Å². The van der Waals surface area contributed by atoms with E-state index in [1.54, 1.807) is 0 Å². The van der Waals surface area contributed by atoms with Crippen LogP contribution < -0.4 is 5.32 Å². The van der Waals surface area contributed by atoms with E-state index < -0.39 is 5.66 Å². The summed E-state index contributed by atoms with van der Waals surface area (Å²) in [5, 5.41) is 10.8. The van der Waals surface area contributed by atoms with Gasteiger partial charge in [-0.25, -0.2) is 9.98 Å². The van der Waals surface area contributed by atoms with Gasteiger partial charge in [-0.15, -0.1) is 0 Å². The Kier molecular flexibility index (Phi) is 5.94. The van der Waals surface area contributed by atoms with Gasteiger partial charge in [0.1, 0.15) is 11.4 Å². The maximum absolute atomic E-state index is 6.78. The van der Waals surface area contributed by atoms with Crippen LogP contribution >= 0.6 is 0 Å². The summed E-state index contributed by atoms with van der Waals surface area (Å²) in [5.74, 6) is 1.46. The highest BCUT2D eigenvalue weighted by molar-refractivity contribution is 6.35. The molecule has 0 bridgehead atoms. The first kappa shape index (κ1) is 27.6. The largest absolute Gasteiger partial charge is 0.454 e.